The average Bonchev–Trinajstić information content (AvgIpc) is 2.69. The molecule has 1 aromatic heterocycles. The quantitative estimate of drug-likeness (QED) is 0.509. The fourth-order valence-electron chi connectivity index (χ4n) is 0.853. The Morgan fingerprint density at radius 1 is 1.50 bits per heavy atom. The first-order valence-electron chi connectivity index (χ1n) is 4.07. The summed E-state index contributed by atoms with van der Waals surface area (Å²) in [5.41, 5.74) is 3.34. The SMILES string of the molecule is N/C(=C/C(=O)c1cccs1)C(F)(F)C(F)F. The zero-order valence-electron chi connectivity index (χ0n) is 7.79. The minimum absolute atomic E-state index is 0.160. The molecule has 0 spiro atoms. The van der Waals surface area contributed by atoms with Gasteiger partial charge in [-0.05, 0) is 11.4 Å². The van der Waals surface area contributed by atoms with Gasteiger partial charge in [0, 0.05) is 6.08 Å². The van der Waals surface area contributed by atoms with E-state index in [4.69, 9.17) is 5.73 Å². The lowest BCUT2D eigenvalue weighted by Gasteiger charge is -2.14. The topological polar surface area (TPSA) is 43.1 Å². The van der Waals surface area contributed by atoms with E-state index < -0.39 is 23.8 Å². The summed E-state index contributed by atoms with van der Waals surface area (Å²) in [5.74, 6) is -5.29. The molecule has 0 aliphatic rings. The lowest BCUT2D eigenvalue weighted by Crippen LogP contribution is -2.33. The zero-order valence-corrected chi connectivity index (χ0v) is 8.61. The van der Waals surface area contributed by atoms with Crippen LogP contribution in [0.25, 0.3) is 0 Å². The highest BCUT2D eigenvalue weighted by Gasteiger charge is 2.43. The summed E-state index contributed by atoms with van der Waals surface area (Å²) < 4.78 is 49.1. The largest absolute Gasteiger partial charge is 0.397 e. The van der Waals surface area contributed by atoms with Crippen molar-refractivity contribution in [3.05, 3.63) is 34.2 Å². The maximum Gasteiger partial charge on any atom is 0.346 e. The lowest BCUT2D eigenvalue weighted by atomic mass is 10.2. The van der Waals surface area contributed by atoms with E-state index in [2.05, 4.69) is 0 Å². The molecule has 0 aliphatic carbocycles. The molecule has 0 atom stereocenters. The number of nitrogens with two attached hydrogens (primary N) is 1. The molecule has 7 heteroatoms. The number of hydrogen-bond donors (Lipinski definition) is 1. The molecule has 2 N–H and O–H groups in total. The van der Waals surface area contributed by atoms with E-state index >= 15 is 0 Å². The molecule has 88 valence electrons. The molecule has 0 amide bonds. The molecule has 16 heavy (non-hydrogen) atoms. The van der Waals surface area contributed by atoms with Crippen LogP contribution in [0.3, 0.4) is 0 Å². The van der Waals surface area contributed by atoms with Crippen molar-refractivity contribution < 1.29 is 22.4 Å². The van der Waals surface area contributed by atoms with Gasteiger partial charge in [0.15, 0.2) is 5.78 Å². The van der Waals surface area contributed by atoms with Crippen LogP contribution in [0.2, 0.25) is 0 Å². The summed E-state index contributed by atoms with van der Waals surface area (Å²) in [5, 5.41) is 1.56. The number of halogens is 4. The summed E-state index contributed by atoms with van der Waals surface area (Å²) >= 11 is 1.01. The van der Waals surface area contributed by atoms with Crippen molar-refractivity contribution in [2.45, 2.75) is 12.3 Å². The zero-order chi connectivity index (χ0) is 12.3. The number of rotatable bonds is 4. The van der Waals surface area contributed by atoms with E-state index in [9.17, 15) is 22.4 Å². The Labute approximate surface area is 92.4 Å². The van der Waals surface area contributed by atoms with E-state index in [-0.39, 0.29) is 4.88 Å². The van der Waals surface area contributed by atoms with Crippen molar-refractivity contribution >= 4 is 17.1 Å². The standard InChI is InChI=1S/C9H7F4NOS/c10-8(11)9(12,13)7(14)4-5(15)6-2-1-3-16-6/h1-4,8H,14H2/b7-4+. The molecular weight excluding hydrogens is 246 g/mol. The maximum absolute atomic E-state index is 12.6. The van der Waals surface area contributed by atoms with E-state index in [0.29, 0.717) is 6.08 Å². The summed E-state index contributed by atoms with van der Waals surface area (Å²) in [7, 11) is 0. The van der Waals surface area contributed by atoms with Gasteiger partial charge in [-0.1, -0.05) is 6.07 Å². The van der Waals surface area contributed by atoms with Crippen molar-refractivity contribution in [3.63, 3.8) is 0 Å². The molecule has 0 saturated carbocycles. The first-order valence-corrected chi connectivity index (χ1v) is 4.95. The maximum atomic E-state index is 12.6. The molecule has 1 heterocycles. The van der Waals surface area contributed by atoms with Crippen LogP contribution in [0.15, 0.2) is 29.3 Å². The minimum Gasteiger partial charge on any atom is -0.397 e. The summed E-state index contributed by atoms with van der Waals surface area (Å²) in [6.07, 6.45) is -3.60. The van der Waals surface area contributed by atoms with Gasteiger partial charge in [0.05, 0.1) is 10.6 Å². The van der Waals surface area contributed by atoms with Crippen LogP contribution < -0.4 is 5.73 Å². The van der Waals surface area contributed by atoms with Gasteiger partial charge in [-0.2, -0.15) is 8.78 Å². The molecule has 1 rings (SSSR count). The van der Waals surface area contributed by atoms with Gasteiger partial charge in [0.25, 0.3) is 0 Å². The highest BCUT2D eigenvalue weighted by molar-refractivity contribution is 7.12. The summed E-state index contributed by atoms with van der Waals surface area (Å²) in [4.78, 5) is 11.4. The van der Waals surface area contributed by atoms with Crippen molar-refractivity contribution in [1.29, 1.82) is 0 Å². The predicted octanol–water partition coefficient (Wildman–Crippen LogP) is 2.67. The molecule has 0 bridgehead atoms. The number of ketones is 1. The molecule has 0 fully saturated rings. The van der Waals surface area contributed by atoms with Gasteiger partial charge in [-0.25, -0.2) is 8.78 Å². The Balaban J connectivity index is 2.90. The van der Waals surface area contributed by atoms with E-state index in [1.54, 1.807) is 5.38 Å². The first-order chi connectivity index (χ1) is 7.35. The fraction of sp³-hybridized carbons (Fsp3) is 0.222. The van der Waals surface area contributed by atoms with Crippen LogP contribution in [-0.2, 0) is 0 Å². The fourth-order valence-corrected chi connectivity index (χ4v) is 1.49. The average molecular weight is 253 g/mol. The van der Waals surface area contributed by atoms with Crippen LogP contribution in [0.5, 0.6) is 0 Å². The van der Waals surface area contributed by atoms with Crippen molar-refractivity contribution in [1.82, 2.24) is 0 Å². The Morgan fingerprint density at radius 2 is 2.12 bits per heavy atom. The molecule has 0 aliphatic heterocycles. The van der Waals surface area contributed by atoms with E-state index in [0.717, 1.165) is 11.3 Å². The van der Waals surface area contributed by atoms with Crippen LogP contribution >= 0.6 is 11.3 Å². The van der Waals surface area contributed by atoms with Gasteiger partial charge in [-0.3, -0.25) is 4.79 Å². The molecule has 0 radical (unpaired) electrons. The number of hydrogen-bond acceptors (Lipinski definition) is 3. The first kappa shape index (κ1) is 12.7. The Hall–Kier alpha value is -1.37. The lowest BCUT2D eigenvalue weighted by molar-refractivity contribution is -0.100. The predicted molar refractivity (Wildman–Crippen MR) is 51.9 cm³/mol. The number of thiophene rings is 1. The van der Waals surface area contributed by atoms with Crippen LogP contribution in [0, 0.1) is 0 Å². The van der Waals surface area contributed by atoms with Crippen LogP contribution in [-0.4, -0.2) is 18.1 Å². The van der Waals surface area contributed by atoms with Crippen molar-refractivity contribution in [2.24, 2.45) is 5.73 Å². The smallest absolute Gasteiger partial charge is 0.346 e. The highest BCUT2D eigenvalue weighted by atomic mass is 32.1. The summed E-state index contributed by atoms with van der Waals surface area (Å²) in [6.45, 7) is 0. The second-order valence-corrected chi connectivity index (χ2v) is 3.81. The third-order valence-electron chi connectivity index (χ3n) is 1.71. The van der Waals surface area contributed by atoms with Crippen molar-refractivity contribution in [3.8, 4) is 0 Å². The van der Waals surface area contributed by atoms with Crippen molar-refractivity contribution in [2.75, 3.05) is 0 Å². The minimum atomic E-state index is -4.48. The van der Waals surface area contributed by atoms with Gasteiger partial charge >= 0.3 is 12.3 Å². The Morgan fingerprint density at radius 3 is 2.56 bits per heavy atom. The molecule has 0 aromatic carbocycles. The van der Waals surface area contributed by atoms with Gasteiger partial charge in [0.1, 0.15) is 0 Å². The van der Waals surface area contributed by atoms with Gasteiger partial charge in [0.2, 0.25) is 0 Å². The molecule has 2 nitrogen and oxygen atoms in total. The number of carbonyl (C=O) groups is 1. The van der Waals surface area contributed by atoms with E-state index in [1.807, 2.05) is 0 Å². The van der Waals surface area contributed by atoms with Crippen LogP contribution in [0.4, 0.5) is 17.6 Å². The monoisotopic (exact) mass is 253 g/mol. The second kappa shape index (κ2) is 4.65. The number of allylic oxidation sites excluding steroid dienone is 2. The highest BCUT2D eigenvalue weighted by Crippen LogP contribution is 2.28. The number of carbonyl (C=O) groups excluding carboxylic acids is 1. The van der Waals surface area contributed by atoms with Gasteiger partial charge < -0.3 is 5.73 Å². The normalized spacial score (nSPS) is 13.2. The van der Waals surface area contributed by atoms with Gasteiger partial charge in [-0.15, -0.1) is 11.3 Å². The number of alkyl halides is 4. The molecule has 0 unspecified atom stereocenters. The Kier molecular flexibility index (Phi) is 3.69. The molecular formula is C9H7F4NOS. The molecule has 0 saturated heterocycles. The summed E-state index contributed by atoms with van der Waals surface area (Å²) in [6, 6.07) is 2.92. The van der Waals surface area contributed by atoms with Crippen LogP contribution in [0.1, 0.15) is 9.67 Å². The second-order valence-electron chi connectivity index (χ2n) is 2.86. The third kappa shape index (κ3) is 2.60. The van der Waals surface area contributed by atoms with E-state index in [1.165, 1.54) is 12.1 Å². The Bertz CT molecular complexity index is 400. The third-order valence-corrected chi connectivity index (χ3v) is 2.59. The molecule has 1 aromatic rings.